The number of carbonyl (C=O) groups is 5. The number of amides is 3. The van der Waals surface area contributed by atoms with E-state index in [2.05, 4.69) is 43.6 Å². The summed E-state index contributed by atoms with van der Waals surface area (Å²) in [5, 5.41) is 9.43. The fourth-order valence-electron chi connectivity index (χ4n) is 8.09. The van der Waals surface area contributed by atoms with E-state index >= 15 is 0 Å². The predicted octanol–water partition coefficient (Wildman–Crippen LogP) is 3.10. The zero-order valence-corrected chi connectivity index (χ0v) is 34.5. The van der Waals surface area contributed by atoms with Gasteiger partial charge in [0.1, 0.15) is 18.8 Å². The van der Waals surface area contributed by atoms with Gasteiger partial charge in [0.2, 0.25) is 11.6 Å². The molecule has 4 N–H and O–H groups in total. The van der Waals surface area contributed by atoms with Crippen molar-refractivity contribution in [2.75, 3.05) is 44.4 Å². The summed E-state index contributed by atoms with van der Waals surface area (Å²) in [6.45, 7) is 9.14. The van der Waals surface area contributed by atoms with Crippen LogP contribution in [0.25, 0.3) is 0 Å². The van der Waals surface area contributed by atoms with Crippen molar-refractivity contribution in [1.29, 1.82) is 0 Å². The lowest BCUT2D eigenvalue weighted by Gasteiger charge is -2.31. The lowest BCUT2D eigenvalue weighted by molar-refractivity contribution is -0.401. The van der Waals surface area contributed by atoms with E-state index in [0.29, 0.717) is 36.7 Å². The summed E-state index contributed by atoms with van der Waals surface area (Å²) in [7, 11) is -0.816. The van der Waals surface area contributed by atoms with Crippen LogP contribution in [0.15, 0.2) is 83.2 Å². The lowest BCUT2D eigenvalue weighted by Crippen LogP contribution is -2.51. The molecule has 0 bridgehead atoms. The Hall–Kier alpha value is -5.45. The van der Waals surface area contributed by atoms with Crippen LogP contribution in [-0.2, 0) is 49.8 Å². The summed E-state index contributed by atoms with van der Waals surface area (Å²) in [6.07, 6.45) is 4.61. The topological polar surface area (TPSA) is 195 Å². The highest BCUT2D eigenvalue weighted by molar-refractivity contribution is 7.85. The molecule has 4 aliphatic rings. The van der Waals surface area contributed by atoms with Gasteiger partial charge in [0, 0.05) is 79.5 Å². The molecule has 0 radical (unpaired) electrons. The Morgan fingerprint density at radius 1 is 0.914 bits per heavy atom. The van der Waals surface area contributed by atoms with Crippen LogP contribution >= 0.6 is 0 Å². The van der Waals surface area contributed by atoms with Crippen molar-refractivity contribution in [3.8, 4) is 0 Å². The highest BCUT2D eigenvalue weighted by Gasteiger charge is 2.46. The number of Topliss-reactive ketones (excluding diaryl/α,β-unsaturated/α-hetero) is 1. The number of rotatable bonds is 16. The van der Waals surface area contributed by atoms with Gasteiger partial charge in [0.15, 0.2) is 11.5 Å². The van der Waals surface area contributed by atoms with E-state index in [1.807, 2.05) is 72.1 Å². The lowest BCUT2D eigenvalue weighted by atomic mass is 9.77. The molecule has 3 heterocycles. The van der Waals surface area contributed by atoms with Crippen molar-refractivity contribution in [3.05, 3.63) is 94.4 Å². The zero-order chi connectivity index (χ0) is 42.2. The summed E-state index contributed by atoms with van der Waals surface area (Å²) in [5.74, 6) is -3.68. The molecule has 15 nitrogen and oxygen atoms in total. The molecule has 0 aromatic heterocycles. The quantitative estimate of drug-likeness (QED) is 0.0637. The van der Waals surface area contributed by atoms with Gasteiger partial charge in [0.05, 0.1) is 16.7 Å². The van der Waals surface area contributed by atoms with Crippen LogP contribution in [0.1, 0.15) is 70.9 Å². The van der Waals surface area contributed by atoms with Gasteiger partial charge in [-0.2, -0.15) is 13.0 Å². The zero-order valence-electron chi connectivity index (χ0n) is 33.7. The average molecular weight is 816 g/mol. The molecule has 6 rings (SSSR count). The van der Waals surface area contributed by atoms with Crippen LogP contribution in [0.4, 0.5) is 11.4 Å². The van der Waals surface area contributed by atoms with Gasteiger partial charge in [0.25, 0.3) is 21.9 Å². The Bertz CT molecular complexity index is 2290. The van der Waals surface area contributed by atoms with E-state index in [1.54, 1.807) is 12.2 Å². The third-order valence-electron chi connectivity index (χ3n) is 11.3. The monoisotopic (exact) mass is 815 g/mol. The van der Waals surface area contributed by atoms with Crippen molar-refractivity contribution < 1.29 is 46.4 Å². The number of hydrogen-bond acceptors (Lipinski definition) is 11. The molecule has 58 heavy (non-hydrogen) atoms. The number of anilines is 1. The average Bonchev–Trinajstić information content (AvgIpc) is 3.66. The van der Waals surface area contributed by atoms with E-state index in [1.165, 1.54) is 0 Å². The van der Waals surface area contributed by atoms with Gasteiger partial charge in [-0.1, -0.05) is 50.2 Å². The fraction of sp³-hybridized carbons (Fsp3) is 0.429. The largest absolute Gasteiger partial charge is 0.372 e. The Labute approximate surface area is 338 Å². The third kappa shape index (κ3) is 8.40. The van der Waals surface area contributed by atoms with E-state index in [9.17, 15) is 36.9 Å². The van der Waals surface area contributed by atoms with Gasteiger partial charge in [-0.3, -0.25) is 23.7 Å². The van der Waals surface area contributed by atoms with Crippen LogP contribution in [0.5, 0.6) is 0 Å². The van der Waals surface area contributed by atoms with Crippen LogP contribution in [-0.4, -0.2) is 103 Å². The van der Waals surface area contributed by atoms with Crippen LogP contribution in [0.2, 0.25) is 0 Å². The Morgan fingerprint density at radius 3 is 2.22 bits per heavy atom. The minimum Gasteiger partial charge on any atom is -0.372 e. The molecule has 0 saturated carbocycles. The molecule has 2 aromatic rings. The van der Waals surface area contributed by atoms with Crippen molar-refractivity contribution in [3.63, 3.8) is 0 Å². The minimum absolute atomic E-state index is 0.00655. The number of fused-ring (bicyclic) bond motifs is 2. The predicted molar refractivity (Wildman–Crippen MR) is 217 cm³/mol. The SMILES string of the molecule is CN1/C(=C\C2=C(NC(CS(=O)(=O)O)C(=O)NCCNCCCCC(=O)ON3C(=O)CCC3=O)C(=C/C3=[N+](C)c4ccccc4C3(C)C)/C2=O)C(C)(C)c2ccccc21. The summed E-state index contributed by atoms with van der Waals surface area (Å²) < 4.78 is 36.6. The summed E-state index contributed by atoms with van der Waals surface area (Å²) in [6, 6.07) is 14.5. The number of likely N-dealkylation sites (N-methyl/N-ethyl adjacent to an activating group) is 1. The van der Waals surface area contributed by atoms with Crippen molar-refractivity contribution >= 4 is 56.7 Å². The fourth-order valence-corrected chi connectivity index (χ4v) is 8.75. The Morgan fingerprint density at radius 2 is 1.57 bits per heavy atom. The number of nitrogens with one attached hydrogen (secondary N) is 3. The number of imide groups is 1. The Kier molecular flexibility index (Phi) is 11.9. The first kappa shape index (κ1) is 42.2. The van der Waals surface area contributed by atoms with Gasteiger partial charge >= 0.3 is 5.97 Å². The normalized spacial score (nSPS) is 20.2. The highest BCUT2D eigenvalue weighted by atomic mass is 32.2. The van der Waals surface area contributed by atoms with Gasteiger partial charge < -0.3 is 25.7 Å². The second-order valence-corrected chi connectivity index (χ2v) is 17.5. The molecular formula is C42H51N6O9S+. The molecule has 3 amide bonds. The maximum Gasteiger partial charge on any atom is 0.333 e. The molecule has 2 aromatic carbocycles. The minimum atomic E-state index is -4.67. The Balaban J connectivity index is 1.18. The molecule has 3 aliphatic heterocycles. The van der Waals surface area contributed by atoms with Crippen LogP contribution in [0.3, 0.4) is 0 Å². The third-order valence-corrected chi connectivity index (χ3v) is 12.0. The molecule has 0 spiro atoms. The standard InChI is InChI=1S/C42H50N6O9S/c1-41(2)28-13-7-9-15-31(28)46(5)33(41)23-26-38(27(39(26)52)24-34-42(3,4)29-14-8-10-16-32(29)47(34)6)45-30(25-58(54,55)56)40(53)44-22-21-43-20-12-11-17-37(51)57-48-35(49)18-19-36(48)50/h7-10,13-16,23-24,30,43H,11-12,17-22,25H2,1-6H3,(H2-,44,45,52,53,54,55,56)/p+1. The number of ketones is 1. The number of unbranched alkanes of at least 4 members (excludes halogenated alkanes) is 1. The van der Waals surface area contributed by atoms with Gasteiger partial charge in [-0.15, -0.1) is 5.06 Å². The molecule has 1 saturated heterocycles. The maximum atomic E-state index is 14.2. The second-order valence-electron chi connectivity index (χ2n) is 16.0. The number of allylic oxidation sites excluding steroid dienone is 5. The number of carbonyl (C=O) groups excluding carboxylic acids is 5. The highest BCUT2D eigenvalue weighted by Crippen LogP contribution is 2.48. The molecule has 308 valence electrons. The van der Waals surface area contributed by atoms with Crippen LogP contribution in [0, 0.1) is 0 Å². The van der Waals surface area contributed by atoms with E-state index in [-0.39, 0.29) is 42.7 Å². The molecule has 1 fully saturated rings. The van der Waals surface area contributed by atoms with Gasteiger partial charge in [-0.25, -0.2) is 4.79 Å². The number of benzene rings is 2. The van der Waals surface area contributed by atoms with Crippen LogP contribution < -0.4 is 20.9 Å². The number of para-hydroxylation sites is 2. The first-order valence-electron chi connectivity index (χ1n) is 19.4. The van der Waals surface area contributed by atoms with Crippen molar-refractivity contribution in [1.82, 2.24) is 21.0 Å². The molecule has 1 unspecified atom stereocenters. The van der Waals surface area contributed by atoms with Crippen molar-refractivity contribution in [2.24, 2.45) is 0 Å². The first-order valence-corrected chi connectivity index (χ1v) is 21.0. The first-order chi connectivity index (χ1) is 27.3. The number of hydrogen-bond donors (Lipinski definition) is 4. The summed E-state index contributed by atoms with van der Waals surface area (Å²) in [4.78, 5) is 70.1. The second kappa shape index (κ2) is 16.4. The molecule has 1 atom stereocenters. The van der Waals surface area contributed by atoms with E-state index in [0.717, 1.165) is 33.9 Å². The number of nitrogens with zero attached hydrogens (tertiary/aromatic N) is 3. The smallest absolute Gasteiger partial charge is 0.333 e. The van der Waals surface area contributed by atoms with Crippen molar-refractivity contribution in [2.45, 2.75) is 76.7 Å². The van der Waals surface area contributed by atoms with E-state index in [4.69, 9.17) is 4.84 Å². The summed E-state index contributed by atoms with van der Waals surface area (Å²) in [5.41, 5.74) is 5.71. The van der Waals surface area contributed by atoms with E-state index < -0.39 is 56.4 Å². The molecule has 1 aliphatic carbocycles. The maximum absolute atomic E-state index is 14.2. The van der Waals surface area contributed by atoms with Gasteiger partial charge in [-0.05, 0) is 50.9 Å². The molecular weight excluding hydrogens is 765 g/mol. The summed E-state index contributed by atoms with van der Waals surface area (Å²) >= 11 is 0. The number of hydroxylamine groups is 2. The molecule has 16 heteroatoms.